The van der Waals surface area contributed by atoms with Crippen molar-refractivity contribution in [2.75, 3.05) is 13.2 Å². The molecule has 0 aliphatic heterocycles. The SMILES string of the molecule is CCCCOC(=O)COc1ccc(-c2cn3cc([N+](=O)[O-])ccc3n2)cc1. The first-order chi connectivity index (χ1) is 13.1. The first kappa shape index (κ1) is 18.4. The quantitative estimate of drug-likeness (QED) is 0.260. The Morgan fingerprint density at radius 2 is 1.96 bits per heavy atom. The number of unbranched alkanes of at least 4 members (excludes halogenated alkanes) is 1. The standard InChI is InChI=1S/C19H19N3O5/c1-2-3-10-26-19(23)13-27-16-7-4-14(5-8-16)17-12-21-11-15(22(24)25)6-9-18(21)20-17/h4-9,11-12H,2-3,10,13H2,1H3. The summed E-state index contributed by atoms with van der Waals surface area (Å²) in [5.41, 5.74) is 2.13. The zero-order chi connectivity index (χ0) is 19.2. The van der Waals surface area contributed by atoms with Gasteiger partial charge in [0, 0.05) is 17.8 Å². The third-order valence-electron chi connectivity index (χ3n) is 3.91. The lowest BCUT2D eigenvalue weighted by molar-refractivity contribution is -0.385. The van der Waals surface area contributed by atoms with Crippen molar-refractivity contribution >= 4 is 17.3 Å². The molecule has 0 saturated heterocycles. The number of hydrogen-bond donors (Lipinski definition) is 0. The summed E-state index contributed by atoms with van der Waals surface area (Å²) in [6.45, 7) is 2.29. The fourth-order valence-corrected chi connectivity index (χ4v) is 2.46. The van der Waals surface area contributed by atoms with E-state index in [1.807, 2.05) is 19.1 Å². The molecule has 140 valence electrons. The monoisotopic (exact) mass is 369 g/mol. The molecule has 0 N–H and O–H groups in total. The predicted octanol–water partition coefficient (Wildman–Crippen LogP) is 3.63. The van der Waals surface area contributed by atoms with Crippen molar-refractivity contribution < 1.29 is 19.2 Å². The van der Waals surface area contributed by atoms with Gasteiger partial charge < -0.3 is 9.47 Å². The largest absolute Gasteiger partial charge is 0.482 e. The lowest BCUT2D eigenvalue weighted by atomic mass is 10.2. The van der Waals surface area contributed by atoms with Gasteiger partial charge in [0.15, 0.2) is 6.61 Å². The second-order valence-corrected chi connectivity index (χ2v) is 5.92. The Balaban J connectivity index is 1.65. The van der Waals surface area contributed by atoms with Gasteiger partial charge in [0.05, 0.1) is 23.4 Å². The first-order valence-electron chi connectivity index (χ1n) is 8.59. The Bertz CT molecular complexity index is 950. The highest BCUT2D eigenvalue weighted by Gasteiger charge is 2.10. The Labute approximate surface area is 155 Å². The van der Waals surface area contributed by atoms with Gasteiger partial charge in [-0.05, 0) is 36.8 Å². The third kappa shape index (κ3) is 4.60. The van der Waals surface area contributed by atoms with E-state index in [2.05, 4.69) is 4.98 Å². The van der Waals surface area contributed by atoms with Crippen LogP contribution in [0.5, 0.6) is 5.75 Å². The Kier molecular flexibility index (Phi) is 5.65. The van der Waals surface area contributed by atoms with E-state index < -0.39 is 10.9 Å². The second kappa shape index (κ2) is 8.31. The number of aromatic nitrogens is 2. The van der Waals surface area contributed by atoms with Gasteiger partial charge >= 0.3 is 5.97 Å². The van der Waals surface area contributed by atoms with Crippen LogP contribution >= 0.6 is 0 Å². The van der Waals surface area contributed by atoms with E-state index in [-0.39, 0.29) is 12.3 Å². The van der Waals surface area contributed by atoms with E-state index in [1.165, 1.54) is 12.3 Å². The number of nitrogens with zero attached hydrogens (tertiary/aromatic N) is 3. The van der Waals surface area contributed by atoms with Gasteiger partial charge in [-0.15, -0.1) is 0 Å². The number of benzene rings is 1. The third-order valence-corrected chi connectivity index (χ3v) is 3.91. The number of ether oxygens (including phenoxy) is 2. The number of carbonyl (C=O) groups excluding carboxylic acids is 1. The molecule has 3 aromatic rings. The summed E-state index contributed by atoms with van der Waals surface area (Å²) in [6.07, 6.45) is 4.95. The lowest BCUT2D eigenvalue weighted by Crippen LogP contribution is -2.15. The van der Waals surface area contributed by atoms with Gasteiger partial charge in [-0.1, -0.05) is 13.3 Å². The predicted molar refractivity (Wildman–Crippen MR) is 98.6 cm³/mol. The highest BCUT2D eigenvalue weighted by atomic mass is 16.6. The molecule has 0 amide bonds. The molecule has 0 bridgehead atoms. The van der Waals surface area contributed by atoms with E-state index in [1.54, 1.807) is 28.8 Å². The summed E-state index contributed by atoms with van der Waals surface area (Å²) in [7, 11) is 0. The number of nitro groups is 1. The summed E-state index contributed by atoms with van der Waals surface area (Å²) in [4.78, 5) is 26.4. The average molecular weight is 369 g/mol. The zero-order valence-corrected chi connectivity index (χ0v) is 14.8. The van der Waals surface area contributed by atoms with Crippen LogP contribution in [-0.4, -0.2) is 33.5 Å². The van der Waals surface area contributed by atoms with Crippen LogP contribution in [-0.2, 0) is 9.53 Å². The van der Waals surface area contributed by atoms with Crippen molar-refractivity contribution in [1.29, 1.82) is 0 Å². The van der Waals surface area contributed by atoms with E-state index in [0.29, 0.717) is 23.7 Å². The number of hydrogen-bond acceptors (Lipinski definition) is 6. The summed E-state index contributed by atoms with van der Waals surface area (Å²) >= 11 is 0. The van der Waals surface area contributed by atoms with Crippen molar-refractivity contribution in [2.24, 2.45) is 0 Å². The van der Waals surface area contributed by atoms with Crippen molar-refractivity contribution in [2.45, 2.75) is 19.8 Å². The summed E-state index contributed by atoms with van der Waals surface area (Å²) in [6, 6.07) is 10.1. The Hall–Kier alpha value is -3.42. The minimum Gasteiger partial charge on any atom is -0.482 e. The molecule has 0 fully saturated rings. The minimum atomic E-state index is -0.446. The molecule has 0 radical (unpaired) electrons. The molecule has 0 spiro atoms. The topological polar surface area (TPSA) is 96.0 Å². The van der Waals surface area contributed by atoms with Crippen LogP contribution in [0, 0.1) is 10.1 Å². The van der Waals surface area contributed by atoms with E-state index in [4.69, 9.17) is 9.47 Å². The highest BCUT2D eigenvalue weighted by molar-refractivity contribution is 5.71. The van der Waals surface area contributed by atoms with Crippen molar-refractivity contribution in [3.05, 3.63) is 58.9 Å². The zero-order valence-electron chi connectivity index (χ0n) is 14.8. The minimum absolute atomic E-state index is 0.000945. The molecule has 2 heterocycles. The van der Waals surface area contributed by atoms with Gasteiger partial charge in [0.2, 0.25) is 0 Å². The fraction of sp³-hybridized carbons (Fsp3) is 0.263. The Morgan fingerprint density at radius 3 is 2.67 bits per heavy atom. The summed E-state index contributed by atoms with van der Waals surface area (Å²) in [5.74, 6) is 0.153. The molecule has 0 aliphatic rings. The van der Waals surface area contributed by atoms with Crippen LogP contribution in [0.25, 0.3) is 16.9 Å². The highest BCUT2D eigenvalue weighted by Crippen LogP contribution is 2.23. The van der Waals surface area contributed by atoms with Crippen molar-refractivity contribution in [3.8, 4) is 17.0 Å². The molecular formula is C19H19N3O5. The number of carbonyl (C=O) groups is 1. The van der Waals surface area contributed by atoms with Crippen LogP contribution in [0.4, 0.5) is 5.69 Å². The maximum Gasteiger partial charge on any atom is 0.344 e. The normalized spacial score (nSPS) is 10.7. The molecule has 8 heteroatoms. The van der Waals surface area contributed by atoms with Crippen LogP contribution in [0.1, 0.15) is 19.8 Å². The van der Waals surface area contributed by atoms with Crippen LogP contribution in [0.15, 0.2) is 48.8 Å². The van der Waals surface area contributed by atoms with E-state index in [0.717, 1.165) is 18.4 Å². The van der Waals surface area contributed by atoms with Crippen molar-refractivity contribution in [3.63, 3.8) is 0 Å². The van der Waals surface area contributed by atoms with Crippen molar-refractivity contribution in [1.82, 2.24) is 9.38 Å². The maximum absolute atomic E-state index is 11.5. The van der Waals surface area contributed by atoms with E-state index >= 15 is 0 Å². The average Bonchev–Trinajstić information content (AvgIpc) is 3.10. The molecule has 3 rings (SSSR count). The first-order valence-corrected chi connectivity index (χ1v) is 8.59. The summed E-state index contributed by atoms with van der Waals surface area (Å²) in [5, 5.41) is 10.9. The molecule has 0 atom stereocenters. The molecule has 0 saturated carbocycles. The lowest BCUT2D eigenvalue weighted by Gasteiger charge is -2.07. The van der Waals surface area contributed by atoms with E-state index in [9.17, 15) is 14.9 Å². The van der Waals surface area contributed by atoms with Gasteiger partial charge in [-0.2, -0.15) is 0 Å². The second-order valence-electron chi connectivity index (χ2n) is 5.92. The number of fused-ring (bicyclic) bond motifs is 1. The number of pyridine rings is 1. The summed E-state index contributed by atoms with van der Waals surface area (Å²) < 4.78 is 12.1. The van der Waals surface area contributed by atoms with Crippen LogP contribution in [0.2, 0.25) is 0 Å². The molecule has 0 unspecified atom stereocenters. The van der Waals surface area contributed by atoms with Gasteiger partial charge in [-0.3, -0.25) is 14.5 Å². The maximum atomic E-state index is 11.5. The molecule has 8 nitrogen and oxygen atoms in total. The van der Waals surface area contributed by atoms with Gasteiger partial charge in [-0.25, -0.2) is 9.78 Å². The molecule has 2 aromatic heterocycles. The van der Waals surface area contributed by atoms with Crippen LogP contribution in [0.3, 0.4) is 0 Å². The molecule has 1 aromatic carbocycles. The Morgan fingerprint density at radius 1 is 1.19 bits per heavy atom. The fourth-order valence-electron chi connectivity index (χ4n) is 2.46. The van der Waals surface area contributed by atoms with Crippen LogP contribution < -0.4 is 4.74 Å². The molecule has 0 aliphatic carbocycles. The van der Waals surface area contributed by atoms with Gasteiger partial charge in [0.25, 0.3) is 5.69 Å². The number of imidazole rings is 1. The number of esters is 1. The number of rotatable bonds is 8. The smallest absolute Gasteiger partial charge is 0.344 e. The molecule has 27 heavy (non-hydrogen) atoms. The molecular weight excluding hydrogens is 350 g/mol. The van der Waals surface area contributed by atoms with Gasteiger partial charge in [0.1, 0.15) is 11.4 Å².